The molecule has 1 N–H and O–H groups in total. The van der Waals surface area contributed by atoms with Gasteiger partial charge >= 0.3 is 5.97 Å². The molecule has 2 aliphatic rings. The van der Waals surface area contributed by atoms with Crippen molar-refractivity contribution in [3.8, 4) is 0 Å². The molecule has 2 aliphatic heterocycles. The van der Waals surface area contributed by atoms with E-state index in [0.717, 1.165) is 28.6 Å². The molecule has 0 aromatic heterocycles. The highest BCUT2D eigenvalue weighted by atomic mass is 32.2. The smallest absolute Gasteiger partial charge is 0.337 e. The van der Waals surface area contributed by atoms with Gasteiger partial charge in [0.25, 0.3) is 0 Å². The second-order valence-corrected chi connectivity index (χ2v) is 7.71. The Morgan fingerprint density at radius 1 is 1.39 bits per heavy atom. The molecule has 1 amide bonds. The van der Waals surface area contributed by atoms with E-state index >= 15 is 0 Å². The number of hydrogen-bond donors (Lipinski definition) is 1. The predicted octanol–water partition coefficient (Wildman–Crippen LogP) is 2.50. The Balaban J connectivity index is 2.12. The van der Waals surface area contributed by atoms with Gasteiger partial charge in [-0.25, -0.2) is 4.79 Å². The molecule has 0 spiro atoms. The predicted molar refractivity (Wildman–Crippen MR) is 92.5 cm³/mol. The first-order chi connectivity index (χ1) is 10.8. The molecule has 0 aromatic carbocycles. The zero-order valence-electron chi connectivity index (χ0n) is 14.5. The van der Waals surface area contributed by atoms with E-state index < -0.39 is 0 Å². The molecule has 2 heterocycles. The SMILES string of the molecule is CC(C)CNC(=O)C=C1CSC2=C(C(=O)OC(C)C)C(C)CN12. The van der Waals surface area contributed by atoms with Gasteiger partial charge in [-0.2, -0.15) is 0 Å². The van der Waals surface area contributed by atoms with Crippen LogP contribution in [0, 0.1) is 11.8 Å². The lowest BCUT2D eigenvalue weighted by Gasteiger charge is -2.16. The van der Waals surface area contributed by atoms with Crippen molar-refractivity contribution < 1.29 is 14.3 Å². The van der Waals surface area contributed by atoms with Crippen molar-refractivity contribution in [1.29, 1.82) is 0 Å². The summed E-state index contributed by atoms with van der Waals surface area (Å²) in [4.78, 5) is 26.4. The average molecular weight is 338 g/mol. The van der Waals surface area contributed by atoms with Crippen molar-refractivity contribution in [2.75, 3.05) is 18.8 Å². The number of rotatable bonds is 5. The van der Waals surface area contributed by atoms with Crippen LogP contribution < -0.4 is 5.32 Å². The molecule has 1 fully saturated rings. The second kappa shape index (κ2) is 7.43. The van der Waals surface area contributed by atoms with Crippen LogP contribution in [0.3, 0.4) is 0 Å². The fourth-order valence-corrected chi connectivity index (χ4v) is 3.93. The molecule has 1 unspecified atom stereocenters. The van der Waals surface area contributed by atoms with Crippen molar-refractivity contribution in [2.45, 2.75) is 40.7 Å². The van der Waals surface area contributed by atoms with Crippen LogP contribution in [0.5, 0.6) is 0 Å². The summed E-state index contributed by atoms with van der Waals surface area (Å²) in [7, 11) is 0. The summed E-state index contributed by atoms with van der Waals surface area (Å²) >= 11 is 1.61. The van der Waals surface area contributed by atoms with E-state index in [-0.39, 0.29) is 23.9 Å². The second-order valence-electron chi connectivity index (χ2n) is 6.75. The van der Waals surface area contributed by atoms with Crippen LogP contribution in [0.4, 0.5) is 0 Å². The molecule has 0 aromatic rings. The minimum absolute atomic E-state index is 0.0681. The number of amides is 1. The number of fused-ring (bicyclic) bond motifs is 1. The molecule has 1 atom stereocenters. The lowest BCUT2D eigenvalue weighted by Crippen LogP contribution is -2.27. The molecule has 0 radical (unpaired) electrons. The fourth-order valence-electron chi connectivity index (χ4n) is 2.62. The summed E-state index contributed by atoms with van der Waals surface area (Å²) in [5.41, 5.74) is 1.71. The van der Waals surface area contributed by atoms with Crippen molar-refractivity contribution in [1.82, 2.24) is 10.2 Å². The lowest BCUT2D eigenvalue weighted by atomic mass is 10.1. The summed E-state index contributed by atoms with van der Waals surface area (Å²) in [5.74, 6) is 0.959. The third-order valence-corrected chi connectivity index (χ3v) is 4.83. The van der Waals surface area contributed by atoms with Crippen molar-refractivity contribution in [3.63, 3.8) is 0 Å². The van der Waals surface area contributed by atoms with E-state index in [4.69, 9.17) is 4.74 Å². The zero-order chi connectivity index (χ0) is 17.1. The molecular weight excluding hydrogens is 312 g/mol. The first-order valence-electron chi connectivity index (χ1n) is 8.13. The molecule has 0 saturated carbocycles. The topological polar surface area (TPSA) is 58.6 Å². The third-order valence-electron chi connectivity index (χ3n) is 3.67. The van der Waals surface area contributed by atoms with Crippen molar-refractivity contribution >= 4 is 23.6 Å². The van der Waals surface area contributed by atoms with Gasteiger partial charge in [-0.15, -0.1) is 11.8 Å². The third kappa shape index (κ3) is 4.31. The monoisotopic (exact) mass is 338 g/mol. The summed E-state index contributed by atoms with van der Waals surface area (Å²) in [6.45, 7) is 11.3. The normalized spacial score (nSPS) is 22.3. The number of esters is 1. The van der Waals surface area contributed by atoms with Gasteiger partial charge in [-0.1, -0.05) is 20.8 Å². The summed E-state index contributed by atoms with van der Waals surface area (Å²) in [5, 5.41) is 3.85. The molecule has 6 heteroatoms. The first kappa shape index (κ1) is 17.9. The van der Waals surface area contributed by atoms with Gasteiger partial charge in [0.2, 0.25) is 5.91 Å². The highest BCUT2D eigenvalue weighted by Crippen LogP contribution is 2.44. The number of carbonyl (C=O) groups excluding carboxylic acids is 2. The highest BCUT2D eigenvalue weighted by Gasteiger charge is 2.39. The minimum Gasteiger partial charge on any atom is -0.460 e. The molecule has 128 valence electrons. The summed E-state index contributed by atoms with van der Waals surface area (Å²) < 4.78 is 5.36. The van der Waals surface area contributed by atoms with E-state index in [0.29, 0.717) is 12.5 Å². The van der Waals surface area contributed by atoms with Crippen LogP contribution in [0.1, 0.15) is 34.6 Å². The first-order valence-corrected chi connectivity index (χ1v) is 9.12. The Morgan fingerprint density at radius 3 is 2.70 bits per heavy atom. The maximum Gasteiger partial charge on any atom is 0.337 e. The lowest BCUT2D eigenvalue weighted by molar-refractivity contribution is -0.143. The van der Waals surface area contributed by atoms with E-state index in [1.165, 1.54) is 0 Å². The number of hydrogen-bond acceptors (Lipinski definition) is 5. The van der Waals surface area contributed by atoms with E-state index in [1.807, 2.05) is 20.8 Å². The number of ether oxygens (including phenoxy) is 1. The summed E-state index contributed by atoms with van der Waals surface area (Å²) in [6.07, 6.45) is 1.53. The maximum atomic E-state index is 12.3. The van der Waals surface area contributed by atoms with Crippen LogP contribution in [-0.4, -0.2) is 41.7 Å². The average Bonchev–Trinajstić information content (AvgIpc) is 2.94. The van der Waals surface area contributed by atoms with Crippen LogP contribution in [0.15, 0.2) is 22.4 Å². The highest BCUT2D eigenvalue weighted by molar-refractivity contribution is 8.03. The molecule has 1 saturated heterocycles. The van der Waals surface area contributed by atoms with Crippen LogP contribution in [0.2, 0.25) is 0 Å². The van der Waals surface area contributed by atoms with Gasteiger partial charge in [0.1, 0.15) is 0 Å². The number of thioether (sulfide) groups is 1. The largest absolute Gasteiger partial charge is 0.460 e. The fraction of sp³-hybridized carbons (Fsp3) is 0.647. The van der Waals surface area contributed by atoms with Gasteiger partial charge in [0, 0.05) is 36.5 Å². The molecule has 23 heavy (non-hydrogen) atoms. The minimum atomic E-state index is -0.233. The van der Waals surface area contributed by atoms with Gasteiger partial charge < -0.3 is 15.0 Å². The number of nitrogens with one attached hydrogen (secondary N) is 1. The molecular formula is C17H26N2O3S. The standard InChI is InChI=1S/C17H26N2O3S/c1-10(2)7-18-14(20)6-13-9-23-16-15(12(5)8-19(13)16)17(21)22-11(3)4/h6,10-12H,7-9H2,1-5H3,(H,18,20). The van der Waals surface area contributed by atoms with Crippen molar-refractivity contribution in [3.05, 3.63) is 22.4 Å². The quantitative estimate of drug-likeness (QED) is 0.616. The van der Waals surface area contributed by atoms with Crippen LogP contribution in [-0.2, 0) is 14.3 Å². The van der Waals surface area contributed by atoms with E-state index in [2.05, 4.69) is 24.1 Å². The molecule has 5 nitrogen and oxygen atoms in total. The van der Waals surface area contributed by atoms with Gasteiger partial charge in [0.05, 0.1) is 16.7 Å². The number of nitrogens with zero attached hydrogens (tertiary/aromatic N) is 1. The Kier molecular flexibility index (Phi) is 5.79. The zero-order valence-corrected chi connectivity index (χ0v) is 15.3. The van der Waals surface area contributed by atoms with E-state index in [1.54, 1.807) is 17.8 Å². The van der Waals surface area contributed by atoms with Crippen molar-refractivity contribution in [2.24, 2.45) is 11.8 Å². The number of carbonyl (C=O) groups is 2. The summed E-state index contributed by atoms with van der Waals surface area (Å²) in [6, 6.07) is 0. The Labute approximate surface area is 142 Å². The van der Waals surface area contributed by atoms with Gasteiger partial charge in [-0.3, -0.25) is 4.79 Å². The van der Waals surface area contributed by atoms with E-state index in [9.17, 15) is 9.59 Å². The molecule has 0 aliphatic carbocycles. The Bertz CT molecular complexity index is 552. The molecule has 2 rings (SSSR count). The van der Waals surface area contributed by atoms with Gasteiger partial charge in [-0.05, 0) is 19.8 Å². The molecule has 0 bridgehead atoms. The van der Waals surface area contributed by atoms with Crippen LogP contribution >= 0.6 is 11.8 Å². The Morgan fingerprint density at radius 2 is 2.09 bits per heavy atom. The Hall–Kier alpha value is -1.43. The van der Waals surface area contributed by atoms with Crippen LogP contribution in [0.25, 0.3) is 0 Å². The maximum absolute atomic E-state index is 12.3. The van der Waals surface area contributed by atoms with Gasteiger partial charge in [0.15, 0.2) is 0 Å².